The van der Waals surface area contributed by atoms with Crippen LogP contribution in [0.15, 0.2) is 6.07 Å². The summed E-state index contributed by atoms with van der Waals surface area (Å²) in [6.45, 7) is 4.23. The molecule has 0 unspecified atom stereocenters. The van der Waals surface area contributed by atoms with Crippen LogP contribution < -0.4 is 0 Å². The summed E-state index contributed by atoms with van der Waals surface area (Å²) in [5.41, 5.74) is 1.95. The molecule has 0 atom stereocenters. The topological polar surface area (TPSA) is 12.9 Å². The van der Waals surface area contributed by atoms with Gasteiger partial charge in [-0.3, -0.25) is 4.98 Å². The van der Waals surface area contributed by atoms with Crippen molar-refractivity contribution in [3.8, 4) is 0 Å². The zero-order valence-electron chi connectivity index (χ0n) is 8.61. The molecule has 1 nitrogen and oxygen atoms in total. The molecule has 0 saturated carbocycles. The van der Waals surface area contributed by atoms with Crippen LogP contribution in [-0.2, 0) is 12.8 Å². The van der Waals surface area contributed by atoms with Gasteiger partial charge in [0, 0.05) is 0 Å². The monoisotopic (exact) mass is 231 g/mol. The largest absolute Gasteiger partial charge is 0.255 e. The fourth-order valence-electron chi connectivity index (χ4n) is 1.37. The van der Waals surface area contributed by atoms with E-state index in [-0.39, 0.29) is 0 Å². The summed E-state index contributed by atoms with van der Waals surface area (Å²) in [7, 11) is 0. The molecule has 0 spiro atoms. The van der Waals surface area contributed by atoms with E-state index in [9.17, 15) is 0 Å². The molecule has 0 aliphatic rings. The summed E-state index contributed by atoms with van der Waals surface area (Å²) in [6, 6.07) is 1.81. The molecule has 0 radical (unpaired) electrons. The molecule has 0 amide bonds. The van der Waals surface area contributed by atoms with Gasteiger partial charge in [0.25, 0.3) is 0 Å². The molecule has 78 valence electrons. The third-order valence-corrected chi connectivity index (χ3v) is 2.70. The minimum absolute atomic E-state index is 0.691. The van der Waals surface area contributed by atoms with Gasteiger partial charge in [0.15, 0.2) is 0 Å². The molecule has 1 heterocycles. The van der Waals surface area contributed by atoms with Gasteiger partial charge in [-0.15, -0.1) is 0 Å². The zero-order valence-corrected chi connectivity index (χ0v) is 10.1. The maximum atomic E-state index is 6.03. The van der Waals surface area contributed by atoms with E-state index in [0.717, 1.165) is 37.1 Å². The highest BCUT2D eigenvalue weighted by Gasteiger charge is 2.07. The van der Waals surface area contributed by atoms with E-state index in [4.69, 9.17) is 23.2 Å². The predicted octanol–water partition coefficient (Wildman–Crippen LogP) is 4.29. The first-order chi connectivity index (χ1) is 6.69. The van der Waals surface area contributed by atoms with Gasteiger partial charge in [0.1, 0.15) is 0 Å². The molecule has 0 aliphatic heterocycles. The quantitative estimate of drug-likeness (QED) is 0.754. The van der Waals surface area contributed by atoms with Crippen LogP contribution in [0.1, 0.15) is 38.1 Å². The molecule has 0 N–H and O–H groups in total. The molecule has 1 aromatic heterocycles. The maximum absolute atomic E-state index is 6.03. The first kappa shape index (κ1) is 11.8. The van der Waals surface area contributed by atoms with E-state index in [1.165, 1.54) is 0 Å². The predicted molar refractivity (Wildman–Crippen MR) is 62.2 cm³/mol. The van der Waals surface area contributed by atoms with E-state index in [2.05, 4.69) is 18.8 Å². The Morgan fingerprint density at radius 1 is 1.00 bits per heavy atom. The molecule has 1 rings (SSSR count). The molecule has 0 bridgehead atoms. The van der Waals surface area contributed by atoms with Gasteiger partial charge in [0.2, 0.25) is 0 Å². The molecule has 0 aliphatic carbocycles. The van der Waals surface area contributed by atoms with Crippen molar-refractivity contribution < 1.29 is 0 Å². The lowest BCUT2D eigenvalue weighted by Gasteiger charge is -2.07. The van der Waals surface area contributed by atoms with Crippen LogP contribution in [0.4, 0.5) is 0 Å². The van der Waals surface area contributed by atoms with Gasteiger partial charge >= 0.3 is 0 Å². The summed E-state index contributed by atoms with van der Waals surface area (Å²) in [6.07, 6.45) is 3.96. The van der Waals surface area contributed by atoms with Crippen LogP contribution in [0.2, 0.25) is 10.0 Å². The number of halogens is 2. The second kappa shape index (κ2) is 5.57. The van der Waals surface area contributed by atoms with Crippen LogP contribution in [0.25, 0.3) is 0 Å². The average molecular weight is 232 g/mol. The third kappa shape index (κ3) is 2.86. The lowest BCUT2D eigenvalue weighted by Crippen LogP contribution is -1.97. The Balaban J connectivity index is 3.00. The molecule has 0 aromatic carbocycles. The van der Waals surface area contributed by atoms with Crippen molar-refractivity contribution in [1.82, 2.24) is 4.98 Å². The molecule has 0 saturated heterocycles. The van der Waals surface area contributed by atoms with Crippen LogP contribution in [-0.4, -0.2) is 4.98 Å². The summed E-state index contributed by atoms with van der Waals surface area (Å²) >= 11 is 12.1. The van der Waals surface area contributed by atoms with E-state index < -0.39 is 0 Å². The van der Waals surface area contributed by atoms with E-state index in [0.29, 0.717) is 10.0 Å². The Morgan fingerprint density at radius 2 is 1.43 bits per heavy atom. The van der Waals surface area contributed by atoms with Crippen LogP contribution in [0.5, 0.6) is 0 Å². The number of hydrogen-bond donors (Lipinski definition) is 0. The Kier molecular flexibility index (Phi) is 4.70. The highest BCUT2D eigenvalue weighted by Crippen LogP contribution is 2.24. The number of aromatic nitrogens is 1. The standard InChI is InChI=1S/C11H15Cl2N/c1-3-5-10-8(12)7-9(13)11(14-10)6-4-2/h7H,3-6H2,1-2H3. The van der Waals surface area contributed by atoms with Crippen LogP contribution in [0, 0.1) is 0 Å². The second-order valence-corrected chi connectivity index (χ2v) is 4.16. The second-order valence-electron chi connectivity index (χ2n) is 3.35. The van der Waals surface area contributed by atoms with Crippen molar-refractivity contribution in [2.45, 2.75) is 39.5 Å². The lowest BCUT2D eigenvalue weighted by molar-refractivity contribution is 0.831. The van der Waals surface area contributed by atoms with Crippen molar-refractivity contribution in [3.63, 3.8) is 0 Å². The lowest BCUT2D eigenvalue weighted by atomic mass is 10.2. The van der Waals surface area contributed by atoms with Crippen molar-refractivity contribution >= 4 is 23.2 Å². The summed E-state index contributed by atoms with van der Waals surface area (Å²) in [5, 5.41) is 1.38. The number of pyridine rings is 1. The number of nitrogens with zero attached hydrogens (tertiary/aromatic N) is 1. The molecule has 3 heteroatoms. The minimum Gasteiger partial charge on any atom is -0.255 e. The SMILES string of the molecule is CCCc1nc(CCC)c(Cl)cc1Cl. The maximum Gasteiger partial charge on any atom is 0.0636 e. The Hall–Kier alpha value is -0.270. The van der Waals surface area contributed by atoms with Gasteiger partial charge in [-0.2, -0.15) is 0 Å². The molecular formula is C11H15Cl2N. The summed E-state index contributed by atoms with van der Waals surface area (Å²) in [4.78, 5) is 4.49. The number of aryl methyl sites for hydroxylation is 2. The average Bonchev–Trinajstić information content (AvgIpc) is 2.14. The number of rotatable bonds is 4. The third-order valence-electron chi connectivity index (χ3n) is 2.05. The molecule has 14 heavy (non-hydrogen) atoms. The van der Waals surface area contributed by atoms with Gasteiger partial charge < -0.3 is 0 Å². The van der Waals surface area contributed by atoms with E-state index >= 15 is 0 Å². The van der Waals surface area contributed by atoms with E-state index in [1.54, 1.807) is 0 Å². The fraction of sp³-hybridized carbons (Fsp3) is 0.545. The smallest absolute Gasteiger partial charge is 0.0636 e. The van der Waals surface area contributed by atoms with Crippen LogP contribution in [0.3, 0.4) is 0 Å². The first-order valence-electron chi connectivity index (χ1n) is 5.02. The van der Waals surface area contributed by atoms with Crippen molar-refractivity contribution in [2.75, 3.05) is 0 Å². The van der Waals surface area contributed by atoms with Gasteiger partial charge in [-0.25, -0.2) is 0 Å². The van der Waals surface area contributed by atoms with E-state index in [1.807, 2.05) is 6.07 Å². The molecular weight excluding hydrogens is 217 g/mol. The fourth-order valence-corrected chi connectivity index (χ4v) is 1.92. The highest BCUT2D eigenvalue weighted by molar-refractivity contribution is 6.35. The Morgan fingerprint density at radius 3 is 1.79 bits per heavy atom. The van der Waals surface area contributed by atoms with Crippen molar-refractivity contribution in [2.24, 2.45) is 0 Å². The Labute approximate surface area is 95.4 Å². The van der Waals surface area contributed by atoms with Crippen molar-refractivity contribution in [1.29, 1.82) is 0 Å². The first-order valence-corrected chi connectivity index (χ1v) is 5.78. The number of hydrogen-bond acceptors (Lipinski definition) is 1. The Bertz CT molecular complexity index is 283. The summed E-state index contributed by atoms with van der Waals surface area (Å²) in [5.74, 6) is 0. The normalized spacial score (nSPS) is 10.6. The zero-order chi connectivity index (χ0) is 10.6. The molecule has 0 fully saturated rings. The summed E-state index contributed by atoms with van der Waals surface area (Å²) < 4.78 is 0. The van der Waals surface area contributed by atoms with Gasteiger partial charge in [-0.05, 0) is 18.9 Å². The van der Waals surface area contributed by atoms with Gasteiger partial charge in [0.05, 0.1) is 21.4 Å². The minimum atomic E-state index is 0.691. The highest BCUT2D eigenvalue weighted by atomic mass is 35.5. The van der Waals surface area contributed by atoms with Crippen molar-refractivity contribution in [3.05, 3.63) is 27.5 Å². The van der Waals surface area contributed by atoms with Crippen LogP contribution >= 0.6 is 23.2 Å². The van der Waals surface area contributed by atoms with Gasteiger partial charge in [-0.1, -0.05) is 49.9 Å². The molecule has 1 aromatic rings.